The lowest BCUT2D eigenvalue weighted by Gasteiger charge is -2.10. The lowest BCUT2D eigenvalue weighted by molar-refractivity contribution is -0.118. The summed E-state index contributed by atoms with van der Waals surface area (Å²) in [5, 5.41) is 5.53. The van der Waals surface area contributed by atoms with Gasteiger partial charge in [0.1, 0.15) is 11.3 Å². The number of anilines is 1. The van der Waals surface area contributed by atoms with E-state index in [0.29, 0.717) is 17.0 Å². The van der Waals surface area contributed by atoms with Crippen LogP contribution in [0.1, 0.15) is 15.9 Å². The van der Waals surface area contributed by atoms with E-state index in [1.54, 1.807) is 30.3 Å². The number of hydrogen-bond acceptors (Lipinski definition) is 6. The number of esters is 1. The van der Waals surface area contributed by atoms with Gasteiger partial charge < -0.3 is 20.1 Å². The molecule has 2 rings (SSSR count). The molecule has 0 heterocycles. The zero-order valence-electron chi connectivity index (χ0n) is 16.0. The zero-order chi connectivity index (χ0) is 21.2. The van der Waals surface area contributed by atoms with Crippen molar-refractivity contribution >= 4 is 51.2 Å². The van der Waals surface area contributed by atoms with Gasteiger partial charge >= 0.3 is 5.97 Å². The average Bonchev–Trinajstić information content (AvgIpc) is 2.71. The van der Waals surface area contributed by atoms with Crippen molar-refractivity contribution in [2.45, 2.75) is 6.54 Å². The van der Waals surface area contributed by atoms with Crippen LogP contribution in [0, 0.1) is 0 Å². The number of methoxy groups -OCH3 is 2. The third-order valence-corrected chi connectivity index (χ3v) is 5.16. The van der Waals surface area contributed by atoms with Crippen LogP contribution >= 0.6 is 27.7 Å². The fourth-order valence-electron chi connectivity index (χ4n) is 2.39. The van der Waals surface area contributed by atoms with E-state index in [1.165, 1.54) is 26.0 Å². The Labute approximate surface area is 181 Å². The maximum absolute atomic E-state index is 12.0. The number of carbonyl (C=O) groups is 3. The van der Waals surface area contributed by atoms with Crippen molar-refractivity contribution in [3.8, 4) is 5.75 Å². The van der Waals surface area contributed by atoms with E-state index >= 15 is 0 Å². The van der Waals surface area contributed by atoms with E-state index in [0.717, 1.165) is 10.0 Å². The first-order valence-electron chi connectivity index (χ1n) is 8.58. The van der Waals surface area contributed by atoms with Crippen molar-refractivity contribution in [3.63, 3.8) is 0 Å². The minimum atomic E-state index is -0.512. The van der Waals surface area contributed by atoms with E-state index < -0.39 is 5.97 Å². The predicted octanol–water partition coefficient (Wildman–Crippen LogP) is 3.23. The maximum Gasteiger partial charge on any atom is 0.341 e. The Kier molecular flexibility index (Phi) is 9.01. The number of ether oxygens (including phenoxy) is 2. The van der Waals surface area contributed by atoms with Crippen molar-refractivity contribution in [1.29, 1.82) is 0 Å². The Morgan fingerprint density at radius 3 is 2.48 bits per heavy atom. The highest BCUT2D eigenvalue weighted by Gasteiger charge is 2.14. The molecule has 154 valence electrons. The molecule has 0 saturated carbocycles. The summed E-state index contributed by atoms with van der Waals surface area (Å²) in [6, 6.07) is 12.3. The molecule has 0 atom stereocenters. The highest BCUT2D eigenvalue weighted by Crippen LogP contribution is 2.21. The molecule has 0 aliphatic rings. The molecule has 2 N–H and O–H groups in total. The van der Waals surface area contributed by atoms with Crippen LogP contribution < -0.4 is 15.4 Å². The quantitative estimate of drug-likeness (QED) is 0.535. The molecule has 0 spiro atoms. The average molecular weight is 481 g/mol. The molecule has 0 fully saturated rings. The Bertz CT molecular complexity index is 891. The second-order valence-corrected chi connectivity index (χ2v) is 7.76. The molecule has 2 amide bonds. The molecular formula is C20H21BrN2O5S. The summed E-state index contributed by atoms with van der Waals surface area (Å²) in [6.07, 6.45) is 0. The number of benzene rings is 2. The summed E-state index contributed by atoms with van der Waals surface area (Å²) in [6.45, 7) is 0.248. The van der Waals surface area contributed by atoms with Gasteiger partial charge in [0.05, 0.1) is 25.7 Å². The molecule has 7 nitrogen and oxygen atoms in total. The predicted molar refractivity (Wildman–Crippen MR) is 116 cm³/mol. The molecule has 0 aliphatic carbocycles. The number of thioether (sulfide) groups is 1. The summed E-state index contributed by atoms with van der Waals surface area (Å²) in [4.78, 5) is 35.8. The van der Waals surface area contributed by atoms with E-state index in [9.17, 15) is 14.4 Å². The molecule has 0 saturated heterocycles. The van der Waals surface area contributed by atoms with Gasteiger partial charge in [-0.15, -0.1) is 11.8 Å². The van der Waals surface area contributed by atoms with Crippen LogP contribution in [0.3, 0.4) is 0 Å². The van der Waals surface area contributed by atoms with Gasteiger partial charge in [-0.1, -0.05) is 28.1 Å². The van der Waals surface area contributed by atoms with Gasteiger partial charge in [-0.2, -0.15) is 0 Å². The van der Waals surface area contributed by atoms with Crippen LogP contribution in [0.4, 0.5) is 5.69 Å². The SMILES string of the molecule is COC(=O)c1cc(CNC(=O)CSCC(=O)Nc2cccc(Br)c2)ccc1OC. The van der Waals surface area contributed by atoms with Gasteiger partial charge in [0.25, 0.3) is 0 Å². The summed E-state index contributed by atoms with van der Waals surface area (Å²) in [7, 11) is 2.76. The topological polar surface area (TPSA) is 93.7 Å². The van der Waals surface area contributed by atoms with Crippen LogP contribution in [0.2, 0.25) is 0 Å². The van der Waals surface area contributed by atoms with E-state index in [1.807, 2.05) is 12.1 Å². The summed E-state index contributed by atoms with van der Waals surface area (Å²) in [5.41, 5.74) is 1.72. The standard InChI is InChI=1S/C20H21BrN2O5S/c1-27-17-7-6-13(8-16(17)20(26)28-2)10-22-18(24)11-29-12-19(25)23-15-5-3-4-14(21)9-15/h3-9H,10-12H2,1-2H3,(H,22,24)(H,23,25). The first kappa shape index (κ1) is 22.8. The van der Waals surface area contributed by atoms with Crippen molar-refractivity contribution in [3.05, 3.63) is 58.1 Å². The van der Waals surface area contributed by atoms with Gasteiger partial charge in [0, 0.05) is 16.7 Å². The fraction of sp³-hybridized carbons (Fsp3) is 0.250. The fourth-order valence-corrected chi connectivity index (χ4v) is 3.43. The first-order chi connectivity index (χ1) is 13.9. The molecule has 0 unspecified atom stereocenters. The monoisotopic (exact) mass is 480 g/mol. The molecule has 0 bridgehead atoms. The largest absolute Gasteiger partial charge is 0.496 e. The van der Waals surface area contributed by atoms with Gasteiger partial charge in [-0.3, -0.25) is 9.59 Å². The lowest BCUT2D eigenvalue weighted by atomic mass is 10.1. The van der Waals surface area contributed by atoms with Crippen LogP contribution in [0.25, 0.3) is 0 Å². The minimum absolute atomic E-state index is 0.145. The summed E-state index contributed by atoms with van der Waals surface area (Å²) >= 11 is 4.56. The van der Waals surface area contributed by atoms with E-state index in [-0.39, 0.29) is 29.9 Å². The highest BCUT2D eigenvalue weighted by molar-refractivity contribution is 9.10. The Hall–Kier alpha value is -2.52. The molecule has 0 aliphatic heterocycles. The van der Waals surface area contributed by atoms with E-state index in [2.05, 4.69) is 26.6 Å². The molecule has 2 aromatic rings. The molecule has 0 aromatic heterocycles. The zero-order valence-corrected chi connectivity index (χ0v) is 18.4. The van der Waals surface area contributed by atoms with Gasteiger partial charge in [-0.25, -0.2) is 4.79 Å². The second-order valence-electron chi connectivity index (χ2n) is 5.85. The maximum atomic E-state index is 12.0. The van der Waals surface area contributed by atoms with Gasteiger partial charge in [0.2, 0.25) is 11.8 Å². The Morgan fingerprint density at radius 1 is 1.03 bits per heavy atom. The normalized spacial score (nSPS) is 10.2. The number of hydrogen-bond donors (Lipinski definition) is 2. The van der Waals surface area contributed by atoms with Crippen molar-refractivity contribution in [2.75, 3.05) is 31.0 Å². The molecular weight excluding hydrogens is 460 g/mol. The number of halogens is 1. The summed E-state index contributed by atoms with van der Waals surface area (Å²) in [5.74, 6) is -0.193. The Morgan fingerprint density at radius 2 is 1.79 bits per heavy atom. The molecule has 0 radical (unpaired) electrons. The minimum Gasteiger partial charge on any atom is -0.496 e. The lowest BCUT2D eigenvalue weighted by Crippen LogP contribution is -2.25. The second kappa shape index (κ2) is 11.5. The number of rotatable bonds is 9. The highest BCUT2D eigenvalue weighted by atomic mass is 79.9. The van der Waals surface area contributed by atoms with Crippen molar-refractivity contribution < 1.29 is 23.9 Å². The Balaban J connectivity index is 1.77. The van der Waals surface area contributed by atoms with Crippen LogP contribution in [-0.2, 0) is 20.9 Å². The molecule has 29 heavy (non-hydrogen) atoms. The van der Waals surface area contributed by atoms with E-state index in [4.69, 9.17) is 9.47 Å². The number of amides is 2. The van der Waals surface area contributed by atoms with Crippen molar-refractivity contribution in [1.82, 2.24) is 5.32 Å². The first-order valence-corrected chi connectivity index (χ1v) is 10.5. The van der Waals surface area contributed by atoms with Gasteiger partial charge in [0.15, 0.2) is 0 Å². The molecule has 9 heteroatoms. The molecule has 2 aromatic carbocycles. The van der Waals surface area contributed by atoms with Crippen LogP contribution in [-0.4, -0.2) is 43.5 Å². The van der Waals surface area contributed by atoms with Crippen LogP contribution in [0.5, 0.6) is 5.75 Å². The number of nitrogens with one attached hydrogen (secondary N) is 2. The third-order valence-electron chi connectivity index (χ3n) is 3.73. The summed E-state index contributed by atoms with van der Waals surface area (Å²) < 4.78 is 10.7. The van der Waals surface area contributed by atoms with Crippen molar-refractivity contribution in [2.24, 2.45) is 0 Å². The number of carbonyl (C=O) groups excluding carboxylic acids is 3. The third kappa shape index (κ3) is 7.43. The van der Waals surface area contributed by atoms with Crippen LogP contribution in [0.15, 0.2) is 46.9 Å². The van der Waals surface area contributed by atoms with Gasteiger partial charge in [-0.05, 0) is 35.9 Å². The smallest absolute Gasteiger partial charge is 0.341 e.